The minimum atomic E-state index is -0.201. The first-order chi connectivity index (χ1) is 9.70. The Morgan fingerprint density at radius 2 is 2.35 bits per heavy atom. The van der Waals surface area contributed by atoms with Gasteiger partial charge in [-0.3, -0.25) is 4.79 Å². The number of carbonyl (C=O) groups excluding carboxylic acids is 1. The molecule has 4 heteroatoms. The molecular weight excluding hydrogens is 255 g/mol. The minimum Gasteiger partial charge on any atom is -0.339 e. The number of amides is 1. The lowest BCUT2D eigenvalue weighted by Gasteiger charge is -2.25. The van der Waals surface area contributed by atoms with E-state index in [-0.39, 0.29) is 17.8 Å². The molecule has 3 nitrogen and oxygen atoms in total. The van der Waals surface area contributed by atoms with Gasteiger partial charge in [-0.2, -0.15) is 0 Å². The topological polar surface area (TPSA) is 32.3 Å². The molecule has 1 heterocycles. The number of likely N-dealkylation sites (tertiary alicyclic amines) is 1. The van der Waals surface area contributed by atoms with E-state index in [9.17, 15) is 9.18 Å². The van der Waals surface area contributed by atoms with Crippen molar-refractivity contribution in [3.05, 3.63) is 35.6 Å². The molecule has 0 bridgehead atoms. The zero-order valence-corrected chi connectivity index (χ0v) is 12.1. The third kappa shape index (κ3) is 4.04. The van der Waals surface area contributed by atoms with Gasteiger partial charge in [-0.1, -0.05) is 12.1 Å². The minimum absolute atomic E-state index is 0.201. The molecule has 1 saturated heterocycles. The fourth-order valence-corrected chi connectivity index (χ4v) is 2.87. The van der Waals surface area contributed by atoms with Crippen LogP contribution >= 0.6 is 0 Å². The third-order valence-electron chi connectivity index (χ3n) is 3.88. The van der Waals surface area contributed by atoms with Crippen molar-refractivity contribution in [1.29, 1.82) is 0 Å². The summed E-state index contributed by atoms with van der Waals surface area (Å²) in [7, 11) is 1.90. The summed E-state index contributed by atoms with van der Waals surface area (Å²) in [6.45, 7) is 1.71. The highest BCUT2D eigenvalue weighted by Gasteiger charge is 2.28. The molecule has 2 rings (SSSR count). The molecule has 1 atom stereocenters. The first kappa shape index (κ1) is 15.0. The lowest BCUT2D eigenvalue weighted by atomic mass is 10.0. The number of carbonyl (C=O) groups is 1. The second kappa shape index (κ2) is 7.39. The van der Waals surface area contributed by atoms with E-state index in [1.807, 2.05) is 18.0 Å². The second-order valence-corrected chi connectivity index (χ2v) is 5.42. The maximum absolute atomic E-state index is 13.2. The SMILES string of the molecule is CNCCCC(=O)N1CCCC1Cc1cccc(F)c1. The molecule has 1 amide bonds. The fourth-order valence-electron chi connectivity index (χ4n) is 2.87. The Kier molecular flexibility index (Phi) is 5.53. The molecule has 0 spiro atoms. The average molecular weight is 278 g/mol. The molecule has 1 aromatic rings. The highest BCUT2D eigenvalue weighted by atomic mass is 19.1. The Hall–Kier alpha value is -1.42. The Bertz CT molecular complexity index is 450. The summed E-state index contributed by atoms with van der Waals surface area (Å²) in [5.41, 5.74) is 0.977. The maximum Gasteiger partial charge on any atom is 0.222 e. The van der Waals surface area contributed by atoms with Crippen molar-refractivity contribution in [1.82, 2.24) is 10.2 Å². The van der Waals surface area contributed by atoms with E-state index in [4.69, 9.17) is 0 Å². The van der Waals surface area contributed by atoms with Gasteiger partial charge in [0.2, 0.25) is 5.91 Å². The van der Waals surface area contributed by atoms with Crippen molar-refractivity contribution in [2.45, 2.75) is 38.1 Å². The Morgan fingerprint density at radius 3 is 3.10 bits per heavy atom. The number of halogens is 1. The van der Waals surface area contributed by atoms with E-state index in [0.29, 0.717) is 6.42 Å². The molecule has 1 aromatic carbocycles. The van der Waals surface area contributed by atoms with Crippen LogP contribution in [-0.4, -0.2) is 37.0 Å². The fraction of sp³-hybridized carbons (Fsp3) is 0.562. The Labute approximate surface area is 120 Å². The lowest BCUT2D eigenvalue weighted by molar-refractivity contribution is -0.132. The maximum atomic E-state index is 13.2. The molecule has 0 radical (unpaired) electrons. The van der Waals surface area contributed by atoms with Crippen LogP contribution < -0.4 is 5.32 Å². The van der Waals surface area contributed by atoms with Crippen molar-refractivity contribution in [2.24, 2.45) is 0 Å². The summed E-state index contributed by atoms with van der Waals surface area (Å²) in [6, 6.07) is 6.93. The third-order valence-corrected chi connectivity index (χ3v) is 3.88. The number of hydrogen-bond donors (Lipinski definition) is 1. The van der Waals surface area contributed by atoms with Crippen LogP contribution in [0.1, 0.15) is 31.2 Å². The van der Waals surface area contributed by atoms with Gasteiger partial charge in [-0.25, -0.2) is 4.39 Å². The summed E-state index contributed by atoms with van der Waals surface area (Å²) in [5, 5.41) is 3.06. The Morgan fingerprint density at radius 1 is 1.50 bits per heavy atom. The average Bonchev–Trinajstić information content (AvgIpc) is 2.87. The predicted molar refractivity (Wildman–Crippen MR) is 78.0 cm³/mol. The van der Waals surface area contributed by atoms with Gasteiger partial charge < -0.3 is 10.2 Å². The monoisotopic (exact) mass is 278 g/mol. The van der Waals surface area contributed by atoms with E-state index < -0.39 is 0 Å². The standard InChI is InChI=1S/C16H23FN2O/c1-18-9-3-8-16(20)19-10-4-7-15(19)12-13-5-2-6-14(17)11-13/h2,5-6,11,15,18H,3-4,7-10,12H2,1H3. The zero-order chi connectivity index (χ0) is 14.4. The van der Waals surface area contributed by atoms with Gasteiger partial charge in [0.25, 0.3) is 0 Å². The van der Waals surface area contributed by atoms with Crippen LogP contribution in [0.3, 0.4) is 0 Å². The van der Waals surface area contributed by atoms with Crippen LogP contribution in [0.2, 0.25) is 0 Å². The largest absolute Gasteiger partial charge is 0.339 e. The first-order valence-corrected chi connectivity index (χ1v) is 7.39. The molecule has 1 fully saturated rings. The van der Waals surface area contributed by atoms with E-state index in [0.717, 1.165) is 44.3 Å². The van der Waals surface area contributed by atoms with Gasteiger partial charge >= 0.3 is 0 Å². The van der Waals surface area contributed by atoms with Crippen molar-refractivity contribution in [3.8, 4) is 0 Å². The van der Waals surface area contributed by atoms with Gasteiger partial charge in [0.05, 0.1) is 0 Å². The lowest BCUT2D eigenvalue weighted by Crippen LogP contribution is -2.37. The normalized spacial score (nSPS) is 18.5. The van der Waals surface area contributed by atoms with Gasteiger partial charge in [-0.05, 0) is 57.0 Å². The molecule has 1 aliphatic rings. The van der Waals surface area contributed by atoms with Gasteiger partial charge in [-0.15, -0.1) is 0 Å². The molecule has 0 saturated carbocycles. The molecule has 1 N–H and O–H groups in total. The number of rotatable bonds is 6. The predicted octanol–water partition coefficient (Wildman–Crippen LogP) is 2.36. The molecule has 110 valence electrons. The van der Waals surface area contributed by atoms with Gasteiger partial charge in [0.15, 0.2) is 0 Å². The molecule has 0 aliphatic carbocycles. The highest BCUT2D eigenvalue weighted by molar-refractivity contribution is 5.76. The van der Waals surface area contributed by atoms with Gasteiger partial charge in [0, 0.05) is 19.0 Å². The number of nitrogens with zero attached hydrogens (tertiary/aromatic N) is 1. The van der Waals surface area contributed by atoms with Crippen molar-refractivity contribution < 1.29 is 9.18 Å². The van der Waals surface area contributed by atoms with Crippen LogP contribution in [0.25, 0.3) is 0 Å². The summed E-state index contributed by atoms with van der Waals surface area (Å²) in [6.07, 6.45) is 4.31. The highest BCUT2D eigenvalue weighted by Crippen LogP contribution is 2.22. The summed E-state index contributed by atoms with van der Waals surface area (Å²) < 4.78 is 13.2. The van der Waals surface area contributed by atoms with Gasteiger partial charge in [0.1, 0.15) is 5.82 Å². The van der Waals surface area contributed by atoms with E-state index in [1.54, 1.807) is 12.1 Å². The van der Waals surface area contributed by atoms with E-state index in [2.05, 4.69) is 5.32 Å². The second-order valence-electron chi connectivity index (χ2n) is 5.42. The van der Waals surface area contributed by atoms with Crippen LogP contribution in [0.5, 0.6) is 0 Å². The molecule has 1 aliphatic heterocycles. The Balaban J connectivity index is 1.91. The van der Waals surface area contributed by atoms with Crippen LogP contribution in [0, 0.1) is 5.82 Å². The van der Waals surface area contributed by atoms with Crippen LogP contribution in [0.15, 0.2) is 24.3 Å². The zero-order valence-electron chi connectivity index (χ0n) is 12.1. The molecule has 0 aromatic heterocycles. The summed E-state index contributed by atoms with van der Waals surface area (Å²) >= 11 is 0. The van der Waals surface area contributed by atoms with Crippen molar-refractivity contribution in [3.63, 3.8) is 0 Å². The molecular formula is C16H23FN2O. The summed E-state index contributed by atoms with van der Waals surface area (Å²) in [5.74, 6) is 0.0338. The number of benzene rings is 1. The van der Waals surface area contributed by atoms with Crippen LogP contribution in [0.4, 0.5) is 4.39 Å². The van der Waals surface area contributed by atoms with Crippen molar-refractivity contribution in [2.75, 3.05) is 20.1 Å². The molecule has 1 unspecified atom stereocenters. The summed E-state index contributed by atoms with van der Waals surface area (Å²) in [4.78, 5) is 14.2. The van der Waals surface area contributed by atoms with E-state index >= 15 is 0 Å². The molecule has 20 heavy (non-hydrogen) atoms. The quantitative estimate of drug-likeness (QED) is 0.810. The number of hydrogen-bond acceptors (Lipinski definition) is 2. The van der Waals surface area contributed by atoms with E-state index in [1.165, 1.54) is 6.07 Å². The number of nitrogens with one attached hydrogen (secondary N) is 1. The van der Waals surface area contributed by atoms with Crippen LogP contribution in [-0.2, 0) is 11.2 Å². The smallest absolute Gasteiger partial charge is 0.222 e. The van der Waals surface area contributed by atoms with Crippen molar-refractivity contribution >= 4 is 5.91 Å². The first-order valence-electron chi connectivity index (χ1n) is 7.39.